The summed E-state index contributed by atoms with van der Waals surface area (Å²) >= 11 is 0. The van der Waals surface area contributed by atoms with Crippen LogP contribution in [0, 0.1) is 0 Å². The number of rotatable bonds is 12. The molecule has 0 unspecified atom stereocenters. The number of unbranched alkanes of at least 4 members (excludes halogenated alkanes) is 3. The van der Waals surface area contributed by atoms with Gasteiger partial charge in [-0.2, -0.15) is 0 Å². The van der Waals surface area contributed by atoms with Gasteiger partial charge in [-0.3, -0.25) is 0 Å². The van der Waals surface area contributed by atoms with Gasteiger partial charge in [-0.05, 0) is 27.2 Å². The predicted molar refractivity (Wildman–Crippen MR) is 78.7 cm³/mol. The molecule has 3 nitrogen and oxygen atoms in total. The van der Waals surface area contributed by atoms with E-state index >= 15 is 0 Å². The van der Waals surface area contributed by atoms with Gasteiger partial charge in [0, 0.05) is 36.1 Å². The van der Waals surface area contributed by atoms with Crippen LogP contribution in [0.4, 0.5) is 0 Å². The minimum absolute atomic E-state index is 0.687. The molecule has 0 aromatic carbocycles. The summed E-state index contributed by atoms with van der Waals surface area (Å²) in [4.78, 5) is 0. The monoisotopic (exact) mass is 278 g/mol. The van der Waals surface area contributed by atoms with Crippen molar-refractivity contribution in [3.8, 4) is 0 Å². The van der Waals surface area contributed by atoms with E-state index < -0.39 is 8.80 Å². The molecule has 0 aromatic heterocycles. The van der Waals surface area contributed by atoms with Crippen LogP contribution < -0.4 is 0 Å². The zero-order chi connectivity index (χ0) is 13.0. The van der Waals surface area contributed by atoms with E-state index in [-0.39, 0.29) is 0 Å². The Bertz CT molecular complexity index is 151. The van der Waals surface area contributed by atoms with Crippen molar-refractivity contribution in [1.82, 2.24) is 0 Å². The van der Waals surface area contributed by atoms with Crippen LogP contribution >= 0.6 is 0 Å². The van der Waals surface area contributed by atoms with Crippen LogP contribution in [0.5, 0.6) is 0 Å². The molecule has 0 radical (unpaired) electrons. The highest BCUT2D eigenvalue weighted by Gasteiger charge is 2.39. The Labute approximate surface area is 111 Å². The Morgan fingerprint density at radius 1 is 0.765 bits per heavy atom. The third-order valence-corrected chi connectivity index (χ3v) is 6.54. The van der Waals surface area contributed by atoms with Crippen LogP contribution in [0.1, 0.15) is 46.5 Å². The third kappa shape index (κ3) is 8.10. The molecule has 0 fully saturated rings. The molecular weight excluding hydrogens is 248 g/mol. The van der Waals surface area contributed by atoms with E-state index in [9.17, 15) is 0 Å². The molecule has 0 bridgehead atoms. The van der Waals surface area contributed by atoms with Crippen LogP contribution in [0.2, 0.25) is 12.1 Å². The van der Waals surface area contributed by atoms with E-state index in [0.717, 1.165) is 6.04 Å². The second-order valence-corrected chi connectivity index (χ2v) is 7.88. The van der Waals surface area contributed by atoms with E-state index in [0.29, 0.717) is 19.8 Å². The second-order valence-electron chi connectivity index (χ2n) is 4.15. The normalized spacial score (nSPS) is 12.2. The lowest BCUT2D eigenvalue weighted by Gasteiger charge is -2.28. The predicted octanol–water partition coefficient (Wildman–Crippen LogP) is 2.38. The van der Waals surface area contributed by atoms with E-state index in [1.165, 1.54) is 42.0 Å². The van der Waals surface area contributed by atoms with Crippen molar-refractivity contribution in [3.05, 3.63) is 0 Å². The summed E-state index contributed by atoms with van der Waals surface area (Å²) in [5.41, 5.74) is 0. The van der Waals surface area contributed by atoms with Crippen molar-refractivity contribution in [2.24, 2.45) is 0 Å². The molecule has 0 aliphatic rings. The lowest BCUT2D eigenvalue weighted by molar-refractivity contribution is 0.0706. The first-order valence-electron chi connectivity index (χ1n) is 7.16. The second kappa shape index (κ2) is 11.4. The maximum atomic E-state index is 5.82. The van der Waals surface area contributed by atoms with Gasteiger partial charge in [0.15, 0.2) is 0 Å². The van der Waals surface area contributed by atoms with Crippen molar-refractivity contribution < 1.29 is 13.3 Å². The molecule has 0 aliphatic heterocycles. The minimum atomic E-state index is -2.35. The maximum Gasteiger partial charge on any atom is 0.500 e. The molecule has 0 saturated carbocycles. The standard InChI is InChI=1S/C12H30O3Si2/c1-4-13-17(14-5-2,15-6-3)12-10-8-7-9-11-16/h4-12H2,1-3,16H3. The lowest BCUT2D eigenvalue weighted by Crippen LogP contribution is -2.45. The van der Waals surface area contributed by atoms with Crippen molar-refractivity contribution in [3.63, 3.8) is 0 Å². The summed E-state index contributed by atoms with van der Waals surface area (Å²) in [6.45, 7) is 8.11. The Morgan fingerprint density at radius 2 is 1.24 bits per heavy atom. The van der Waals surface area contributed by atoms with Gasteiger partial charge < -0.3 is 13.3 Å². The summed E-state index contributed by atoms with van der Waals surface area (Å²) in [7, 11) is -1.01. The average Bonchev–Trinajstić information content (AvgIpc) is 2.30. The van der Waals surface area contributed by atoms with Crippen LogP contribution in [0.25, 0.3) is 0 Å². The topological polar surface area (TPSA) is 27.7 Å². The van der Waals surface area contributed by atoms with Crippen molar-refractivity contribution in [1.29, 1.82) is 0 Å². The molecule has 0 saturated heterocycles. The van der Waals surface area contributed by atoms with Gasteiger partial charge in [-0.25, -0.2) is 0 Å². The molecule has 0 heterocycles. The van der Waals surface area contributed by atoms with Crippen LogP contribution in [0.3, 0.4) is 0 Å². The van der Waals surface area contributed by atoms with Gasteiger partial charge in [0.05, 0.1) is 0 Å². The highest BCUT2D eigenvalue weighted by atomic mass is 28.4. The zero-order valence-corrected chi connectivity index (χ0v) is 15.1. The van der Waals surface area contributed by atoms with E-state index in [2.05, 4.69) is 0 Å². The average molecular weight is 279 g/mol. The molecule has 0 aliphatic carbocycles. The number of hydrogen-bond donors (Lipinski definition) is 0. The molecular formula is C12H30O3Si2. The fourth-order valence-corrected chi connectivity index (χ4v) is 5.13. The first-order chi connectivity index (χ1) is 8.24. The molecule has 0 N–H and O–H groups in total. The van der Waals surface area contributed by atoms with Gasteiger partial charge >= 0.3 is 8.80 Å². The van der Waals surface area contributed by atoms with Gasteiger partial charge in [0.25, 0.3) is 0 Å². The lowest BCUT2D eigenvalue weighted by atomic mass is 10.2. The van der Waals surface area contributed by atoms with E-state index in [4.69, 9.17) is 13.3 Å². The van der Waals surface area contributed by atoms with Crippen molar-refractivity contribution in [2.45, 2.75) is 58.5 Å². The SMILES string of the molecule is CCO[Si](CCCCCC[SiH3])(OCC)OCC. The molecule has 0 rings (SSSR count). The maximum absolute atomic E-state index is 5.82. The van der Waals surface area contributed by atoms with Crippen LogP contribution in [-0.2, 0) is 13.3 Å². The molecule has 5 heteroatoms. The third-order valence-electron chi connectivity index (χ3n) is 2.68. The van der Waals surface area contributed by atoms with Crippen molar-refractivity contribution >= 4 is 19.0 Å². The van der Waals surface area contributed by atoms with Gasteiger partial charge in [0.2, 0.25) is 0 Å². The molecule has 0 atom stereocenters. The highest BCUT2D eigenvalue weighted by molar-refractivity contribution is 6.60. The summed E-state index contributed by atoms with van der Waals surface area (Å²) < 4.78 is 17.5. The molecule has 0 aromatic rings. The van der Waals surface area contributed by atoms with Gasteiger partial charge in [-0.15, -0.1) is 0 Å². The molecule has 0 spiro atoms. The largest absolute Gasteiger partial charge is 0.500 e. The summed E-state index contributed by atoms with van der Waals surface area (Å²) in [5, 5.41) is 0. The summed E-state index contributed by atoms with van der Waals surface area (Å²) in [5.74, 6) is 0. The first-order valence-corrected chi connectivity index (χ1v) is 10.5. The molecule has 104 valence electrons. The first kappa shape index (κ1) is 17.3. The van der Waals surface area contributed by atoms with Crippen molar-refractivity contribution in [2.75, 3.05) is 19.8 Å². The van der Waals surface area contributed by atoms with E-state index in [1.807, 2.05) is 20.8 Å². The Kier molecular flexibility index (Phi) is 11.6. The van der Waals surface area contributed by atoms with Gasteiger partial charge in [0.1, 0.15) is 0 Å². The highest BCUT2D eigenvalue weighted by Crippen LogP contribution is 2.20. The Balaban J connectivity index is 4.05. The summed E-state index contributed by atoms with van der Waals surface area (Å²) in [6, 6.07) is 2.40. The zero-order valence-electron chi connectivity index (χ0n) is 12.1. The number of hydrogen-bond acceptors (Lipinski definition) is 3. The summed E-state index contributed by atoms with van der Waals surface area (Å²) in [6.07, 6.45) is 5.19. The fraction of sp³-hybridized carbons (Fsp3) is 1.00. The van der Waals surface area contributed by atoms with Crippen LogP contribution in [0.15, 0.2) is 0 Å². The van der Waals surface area contributed by atoms with Gasteiger partial charge in [-0.1, -0.05) is 25.3 Å². The minimum Gasteiger partial charge on any atom is -0.374 e. The quantitative estimate of drug-likeness (QED) is 0.405. The smallest absolute Gasteiger partial charge is 0.374 e. The molecule has 17 heavy (non-hydrogen) atoms. The van der Waals surface area contributed by atoms with E-state index in [1.54, 1.807) is 0 Å². The Morgan fingerprint density at radius 3 is 1.65 bits per heavy atom. The van der Waals surface area contributed by atoms with Crippen LogP contribution in [-0.4, -0.2) is 38.9 Å². The molecule has 0 amide bonds. The Hall–Kier alpha value is 0.314. The fourth-order valence-electron chi connectivity index (χ4n) is 1.95.